The first-order chi connectivity index (χ1) is 8.06. The molecule has 1 fully saturated rings. The fourth-order valence-electron chi connectivity index (χ4n) is 1.78. The van der Waals surface area contributed by atoms with E-state index in [9.17, 15) is 9.59 Å². The van der Waals surface area contributed by atoms with E-state index in [1.807, 2.05) is 25.1 Å². The molecule has 2 rings (SSSR count). The molecule has 1 atom stereocenters. The van der Waals surface area contributed by atoms with Crippen LogP contribution in [0.5, 0.6) is 0 Å². The molecule has 1 heterocycles. The zero-order valence-electron chi connectivity index (χ0n) is 9.42. The van der Waals surface area contributed by atoms with Crippen molar-refractivity contribution in [2.75, 3.05) is 6.54 Å². The highest BCUT2D eigenvalue weighted by atomic mass is 79.9. The number of aryl methyl sites for hydroxylation is 1. The number of hydrogen-bond acceptors (Lipinski definition) is 2. The van der Waals surface area contributed by atoms with E-state index in [0.29, 0.717) is 18.5 Å². The van der Waals surface area contributed by atoms with E-state index in [-0.39, 0.29) is 17.9 Å². The lowest BCUT2D eigenvalue weighted by Crippen LogP contribution is -2.36. The Morgan fingerprint density at radius 3 is 2.94 bits per heavy atom. The first-order valence-electron chi connectivity index (χ1n) is 5.40. The first-order valence-corrected chi connectivity index (χ1v) is 6.19. The standard InChI is InChI=1S/C12H13BrN2O2/c1-7-2-3-10(13)9(4-7)12(17)15-8-5-11(16)14-6-8/h2-4,8H,5-6H2,1H3,(H,14,16)(H,15,17). The van der Waals surface area contributed by atoms with Gasteiger partial charge in [-0.25, -0.2) is 0 Å². The fraction of sp³-hybridized carbons (Fsp3) is 0.333. The Labute approximate surface area is 108 Å². The van der Waals surface area contributed by atoms with Gasteiger partial charge in [0.25, 0.3) is 5.91 Å². The zero-order chi connectivity index (χ0) is 12.4. The van der Waals surface area contributed by atoms with Gasteiger partial charge >= 0.3 is 0 Å². The van der Waals surface area contributed by atoms with E-state index in [4.69, 9.17) is 0 Å². The molecular formula is C12H13BrN2O2. The van der Waals surface area contributed by atoms with Crippen LogP contribution in [0.2, 0.25) is 0 Å². The van der Waals surface area contributed by atoms with Crippen LogP contribution in [0.15, 0.2) is 22.7 Å². The third-order valence-corrected chi connectivity index (χ3v) is 3.37. The van der Waals surface area contributed by atoms with Crippen molar-refractivity contribution < 1.29 is 9.59 Å². The minimum atomic E-state index is -0.151. The number of amides is 2. The van der Waals surface area contributed by atoms with Crippen LogP contribution < -0.4 is 10.6 Å². The molecule has 0 aliphatic carbocycles. The zero-order valence-corrected chi connectivity index (χ0v) is 11.0. The van der Waals surface area contributed by atoms with Crippen molar-refractivity contribution in [1.29, 1.82) is 0 Å². The number of nitrogens with one attached hydrogen (secondary N) is 2. The molecule has 2 amide bonds. The Morgan fingerprint density at radius 2 is 2.29 bits per heavy atom. The maximum absolute atomic E-state index is 12.0. The predicted molar refractivity (Wildman–Crippen MR) is 67.8 cm³/mol. The third kappa shape index (κ3) is 2.85. The molecule has 1 aliphatic rings. The minimum Gasteiger partial charge on any atom is -0.354 e. The fourth-order valence-corrected chi connectivity index (χ4v) is 2.21. The lowest BCUT2D eigenvalue weighted by atomic mass is 10.1. The van der Waals surface area contributed by atoms with Gasteiger partial charge in [0.2, 0.25) is 5.91 Å². The number of rotatable bonds is 2. The molecule has 1 unspecified atom stereocenters. The second-order valence-corrected chi connectivity index (χ2v) is 5.02. The van der Waals surface area contributed by atoms with E-state index in [1.54, 1.807) is 0 Å². The number of carbonyl (C=O) groups is 2. The van der Waals surface area contributed by atoms with Gasteiger partial charge < -0.3 is 10.6 Å². The van der Waals surface area contributed by atoms with E-state index < -0.39 is 0 Å². The van der Waals surface area contributed by atoms with Gasteiger partial charge in [0.15, 0.2) is 0 Å². The summed E-state index contributed by atoms with van der Waals surface area (Å²) in [7, 11) is 0. The summed E-state index contributed by atoms with van der Waals surface area (Å²) in [4.78, 5) is 23.0. The molecule has 0 bridgehead atoms. The number of hydrogen-bond donors (Lipinski definition) is 2. The molecule has 0 saturated carbocycles. The highest BCUT2D eigenvalue weighted by Gasteiger charge is 2.23. The summed E-state index contributed by atoms with van der Waals surface area (Å²) in [6, 6.07) is 5.50. The van der Waals surface area contributed by atoms with Crippen LogP contribution in [0.25, 0.3) is 0 Å². The first kappa shape index (κ1) is 12.1. The van der Waals surface area contributed by atoms with Crippen LogP contribution in [0.3, 0.4) is 0 Å². The average molecular weight is 297 g/mol. The lowest BCUT2D eigenvalue weighted by molar-refractivity contribution is -0.119. The Balaban J connectivity index is 2.09. The molecule has 1 aliphatic heterocycles. The molecule has 0 radical (unpaired) electrons. The van der Waals surface area contributed by atoms with Crippen molar-refractivity contribution >= 4 is 27.7 Å². The Hall–Kier alpha value is -1.36. The van der Waals surface area contributed by atoms with Gasteiger partial charge in [0, 0.05) is 17.4 Å². The summed E-state index contributed by atoms with van der Waals surface area (Å²) >= 11 is 3.35. The van der Waals surface area contributed by atoms with Crippen LogP contribution >= 0.6 is 15.9 Å². The number of benzene rings is 1. The van der Waals surface area contributed by atoms with Gasteiger partial charge in [-0.3, -0.25) is 9.59 Å². The molecule has 1 aromatic rings. The van der Waals surface area contributed by atoms with Crippen molar-refractivity contribution in [2.45, 2.75) is 19.4 Å². The Bertz CT molecular complexity index is 474. The maximum Gasteiger partial charge on any atom is 0.252 e. The molecule has 5 heteroatoms. The summed E-state index contributed by atoms with van der Waals surface area (Å²) in [5.74, 6) is -0.166. The van der Waals surface area contributed by atoms with Gasteiger partial charge in [-0.1, -0.05) is 11.6 Å². The second kappa shape index (κ2) is 4.87. The Kier molecular flexibility index (Phi) is 3.47. The molecule has 0 spiro atoms. The minimum absolute atomic E-state index is 0.0152. The van der Waals surface area contributed by atoms with Crippen molar-refractivity contribution in [1.82, 2.24) is 10.6 Å². The van der Waals surface area contributed by atoms with Crippen LogP contribution in [-0.2, 0) is 4.79 Å². The molecule has 0 aromatic heterocycles. The van der Waals surface area contributed by atoms with E-state index in [0.717, 1.165) is 10.0 Å². The average Bonchev–Trinajstić information content (AvgIpc) is 2.67. The Morgan fingerprint density at radius 1 is 1.53 bits per heavy atom. The van der Waals surface area contributed by atoms with Gasteiger partial charge in [-0.2, -0.15) is 0 Å². The van der Waals surface area contributed by atoms with E-state index in [1.165, 1.54) is 0 Å². The summed E-state index contributed by atoms with van der Waals surface area (Å²) < 4.78 is 0.762. The molecule has 17 heavy (non-hydrogen) atoms. The maximum atomic E-state index is 12.0. The molecule has 1 aromatic carbocycles. The highest BCUT2D eigenvalue weighted by Crippen LogP contribution is 2.18. The molecule has 2 N–H and O–H groups in total. The SMILES string of the molecule is Cc1ccc(Br)c(C(=O)NC2CNC(=O)C2)c1. The summed E-state index contributed by atoms with van der Waals surface area (Å²) in [5.41, 5.74) is 1.63. The van der Waals surface area contributed by atoms with Crippen molar-refractivity contribution in [3.8, 4) is 0 Å². The normalized spacial score (nSPS) is 18.9. The highest BCUT2D eigenvalue weighted by molar-refractivity contribution is 9.10. The van der Waals surface area contributed by atoms with Crippen molar-refractivity contribution in [2.24, 2.45) is 0 Å². The van der Waals surface area contributed by atoms with Gasteiger partial charge in [0.1, 0.15) is 0 Å². The summed E-state index contributed by atoms with van der Waals surface area (Å²) in [5, 5.41) is 5.53. The van der Waals surface area contributed by atoms with Crippen LogP contribution in [0.4, 0.5) is 0 Å². The molecule has 4 nitrogen and oxygen atoms in total. The third-order valence-electron chi connectivity index (χ3n) is 2.68. The molecule has 90 valence electrons. The second-order valence-electron chi connectivity index (χ2n) is 4.16. The van der Waals surface area contributed by atoms with Gasteiger partial charge in [-0.05, 0) is 35.0 Å². The quantitative estimate of drug-likeness (QED) is 0.866. The van der Waals surface area contributed by atoms with E-state index >= 15 is 0 Å². The van der Waals surface area contributed by atoms with Crippen LogP contribution in [-0.4, -0.2) is 24.4 Å². The van der Waals surface area contributed by atoms with Crippen molar-refractivity contribution in [3.63, 3.8) is 0 Å². The summed E-state index contributed by atoms with van der Waals surface area (Å²) in [6.07, 6.45) is 0.356. The van der Waals surface area contributed by atoms with Crippen LogP contribution in [0.1, 0.15) is 22.3 Å². The lowest BCUT2D eigenvalue weighted by Gasteiger charge is -2.11. The molecule has 1 saturated heterocycles. The van der Waals surface area contributed by atoms with Crippen molar-refractivity contribution in [3.05, 3.63) is 33.8 Å². The molecular weight excluding hydrogens is 284 g/mol. The monoisotopic (exact) mass is 296 g/mol. The topological polar surface area (TPSA) is 58.2 Å². The number of halogens is 1. The number of carbonyl (C=O) groups excluding carboxylic acids is 2. The van der Waals surface area contributed by atoms with Gasteiger partial charge in [-0.15, -0.1) is 0 Å². The largest absolute Gasteiger partial charge is 0.354 e. The summed E-state index contributed by atoms with van der Waals surface area (Å²) in [6.45, 7) is 2.44. The smallest absolute Gasteiger partial charge is 0.252 e. The van der Waals surface area contributed by atoms with Gasteiger partial charge in [0.05, 0.1) is 11.6 Å². The van der Waals surface area contributed by atoms with E-state index in [2.05, 4.69) is 26.6 Å². The predicted octanol–water partition coefficient (Wildman–Crippen LogP) is 1.38. The van der Waals surface area contributed by atoms with Crippen LogP contribution in [0, 0.1) is 6.92 Å².